The summed E-state index contributed by atoms with van der Waals surface area (Å²) < 4.78 is 34.5. The smallest absolute Gasteiger partial charge is 0.243 e. The highest BCUT2D eigenvalue weighted by atomic mass is 32.2. The minimum atomic E-state index is -3.49. The van der Waals surface area contributed by atoms with E-state index >= 15 is 0 Å². The first-order chi connectivity index (χ1) is 12.4. The lowest BCUT2D eigenvalue weighted by Gasteiger charge is -2.46. The van der Waals surface area contributed by atoms with Crippen molar-refractivity contribution in [2.45, 2.75) is 80.9 Å². The molecule has 4 atom stereocenters. The molecule has 0 amide bonds. The van der Waals surface area contributed by atoms with Crippen LogP contribution in [-0.2, 0) is 14.8 Å². The number of hydrogen-bond donors (Lipinski definition) is 0. The molecule has 1 aromatic carbocycles. The lowest BCUT2D eigenvalue weighted by molar-refractivity contribution is 0.353. The molecule has 1 aliphatic carbocycles. The van der Waals surface area contributed by atoms with Crippen molar-refractivity contribution in [2.75, 3.05) is 6.54 Å². The van der Waals surface area contributed by atoms with Crippen LogP contribution in [0.4, 0.5) is 0 Å². The standard InChI is InChI=1S/C21H31NO3SSi/c1-14-7-9-15(10-8-14)26(23,24)22-12-11-16-17(22)13-18(20-19(16)25-20)27(5,6)21(2,3)4/h7-11,17-20H,12-13H2,1-6H3/t17-,18+,19-,20+/m1/s1. The van der Waals surface area contributed by atoms with E-state index in [1.165, 1.54) is 5.57 Å². The third kappa shape index (κ3) is 2.96. The highest BCUT2D eigenvalue weighted by Crippen LogP contribution is 2.58. The van der Waals surface area contributed by atoms with E-state index in [0.29, 0.717) is 23.1 Å². The van der Waals surface area contributed by atoms with Gasteiger partial charge >= 0.3 is 0 Å². The summed E-state index contributed by atoms with van der Waals surface area (Å²) in [5.74, 6) is 0. The van der Waals surface area contributed by atoms with Crippen LogP contribution in [0, 0.1) is 6.92 Å². The van der Waals surface area contributed by atoms with E-state index in [-0.39, 0.29) is 17.2 Å². The Labute approximate surface area is 164 Å². The fourth-order valence-corrected chi connectivity index (χ4v) is 9.19. The van der Waals surface area contributed by atoms with E-state index in [1.54, 1.807) is 16.4 Å². The molecule has 4 nitrogen and oxygen atoms in total. The average Bonchev–Trinajstić information content (AvgIpc) is 3.24. The quantitative estimate of drug-likeness (QED) is 0.427. The van der Waals surface area contributed by atoms with Gasteiger partial charge in [-0.25, -0.2) is 8.42 Å². The Morgan fingerprint density at radius 1 is 1.15 bits per heavy atom. The Hall–Kier alpha value is -0.953. The highest BCUT2D eigenvalue weighted by molar-refractivity contribution is 7.89. The molecule has 0 radical (unpaired) electrons. The van der Waals surface area contributed by atoms with Gasteiger partial charge in [0.2, 0.25) is 10.0 Å². The second kappa shape index (κ2) is 6.02. The van der Waals surface area contributed by atoms with E-state index < -0.39 is 18.1 Å². The van der Waals surface area contributed by atoms with Gasteiger partial charge in [0.1, 0.15) is 6.10 Å². The predicted octanol–water partition coefficient (Wildman–Crippen LogP) is 4.34. The summed E-state index contributed by atoms with van der Waals surface area (Å²) in [6, 6.07) is 7.16. The van der Waals surface area contributed by atoms with Gasteiger partial charge < -0.3 is 4.74 Å². The Bertz CT molecular complexity index is 883. The first-order valence-corrected chi connectivity index (χ1v) is 14.4. The molecular weight excluding hydrogens is 374 g/mol. The number of aryl methyl sites for hydroxylation is 1. The summed E-state index contributed by atoms with van der Waals surface area (Å²) in [6.45, 7) is 14.3. The fraction of sp³-hybridized carbons (Fsp3) is 0.619. The molecule has 2 aliphatic heterocycles. The molecule has 4 rings (SSSR count). The molecule has 0 spiro atoms. The van der Waals surface area contributed by atoms with Gasteiger partial charge in [0.25, 0.3) is 0 Å². The molecule has 27 heavy (non-hydrogen) atoms. The Balaban J connectivity index is 1.65. The number of nitrogens with zero attached hydrogens (tertiary/aromatic N) is 1. The molecule has 1 aromatic rings. The second-order valence-corrected chi connectivity index (χ2v) is 17.5. The van der Waals surface area contributed by atoms with Crippen LogP contribution < -0.4 is 0 Å². The van der Waals surface area contributed by atoms with Gasteiger partial charge in [0.15, 0.2) is 0 Å². The maximum Gasteiger partial charge on any atom is 0.243 e. The topological polar surface area (TPSA) is 49.9 Å². The Kier molecular flexibility index (Phi) is 4.32. The molecule has 1 saturated heterocycles. The minimum absolute atomic E-state index is 0.0424. The summed E-state index contributed by atoms with van der Waals surface area (Å²) in [6.07, 6.45) is 3.44. The zero-order valence-corrected chi connectivity index (χ0v) is 19.0. The van der Waals surface area contributed by atoms with Crippen LogP contribution in [0.3, 0.4) is 0 Å². The largest absolute Gasteiger partial charge is 0.365 e. The lowest BCUT2D eigenvalue weighted by atomic mass is 9.91. The number of rotatable bonds is 3. The number of hydrogen-bond acceptors (Lipinski definition) is 3. The van der Waals surface area contributed by atoms with Crippen molar-refractivity contribution in [1.29, 1.82) is 0 Å². The monoisotopic (exact) mass is 405 g/mol. The van der Waals surface area contributed by atoms with Crippen molar-refractivity contribution in [2.24, 2.45) is 0 Å². The van der Waals surface area contributed by atoms with Gasteiger partial charge in [-0.2, -0.15) is 4.31 Å². The van der Waals surface area contributed by atoms with Crippen LogP contribution in [0.25, 0.3) is 0 Å². The normalized spacial score (nSPS) is 31.3. The molecule has 6 heteroatoms. The molecule has 2 fully saturated rings. The average molecular weight is 406 g/mol. The molecule has 148 valence electrons. The second-order valence-electron chi connectivity index (χ2n) is 9.94. The summed E-state index contributed by atoms with van der Waals surface area (Å²) in [5.41, 5.74) is 2.75. The number of sulfonamides is 1. The van der Waals surface area contributed by atoms with Crippen molar-refractivity contribution >= 4 is 18.1 Å². The van der Waals surface area contributed by atoms with Crippen LogP contribution in [0.2, 0.25) is 23.7 Å². The van der Waals surface area contributed by atoms with Crippen LogP contribution in [-0.4, -0.2) is 45.6 Å². The third-order valence-corrected chi connectivity index (χ3v) is 15.6. The fourth-order valence-electron chi connectivity index (χ4n) is 4.63. The van der Waals surface area contributed by atoms with E-state index in [1.807, 2.05) is 19.1 Å². The summed E-state index contributed by atoms with van der Waals surface area (Å²) >= 11 is 0. The SMILES string of the molecule is Cc1ccc(S(=O)(=O)N2CC=C3[C@H]4O[C@H]4[C@@H]([Si](C)(C)C(C)(C)C)C[C@H]32)cc1. The highest BCUT2D eigenvalue weighted by Gasteiger charge is 2.62. The van der Waals surface area contributed by atoms with Crippen LogP contribution >= 0.6 is 0 Å². The molecule has 0 bridgehead atoms. The van der Waals surface area contributed by atoms with Crippen molar-refractivity contribution in [1.82, 2.24) is 4.31 Å². The van der Waals surface area contributed by atoms with Gasteiger partial charge in [-0.3, -0.25) is 0 Å². The van der Waals surface area contributed by atoms with Crippen molar-refractivity contribution < 1.29 is 13.2 Å². The maximum absolute atomic E-state index is 13.3. The number of epoxide rings is 1. The maximum atomic E-state index is 13.3. The van der Waals surface area contributed by atoms with Gasteiger partial charge in [-0.05, 0) is 41.6 Å². The molecule has 0 unspecified atom stereocenters. The van der Waals surface area contributed by atoms with Gasteiger partial charge in [0, 0.05) is 12.6 Å². The first kappa shape index (κ1) is 19.4. The van der Waals surface area contributed by atoms with Crippen molar-refractivity contribution in [3.8, 4) is 0 Å². The van der Waals surface area contributed by atoms with E-state index in [2.05, 4.69) is 39.9 Å². The number of ether oxygens (including phenoxy) is 1. The van der Waals surface area contributed by atoms with E-state index in [0.717, 1.165) is 12.0 Å². The molecule has 1 saturated carbocycles. The zero-order chi connectivity index (χ0) is 19.8. The summed E-state index contributed by atoms with van der Waals surface area (Å²) in [4.78, 5) is 0.394. The van der Waals surface area contributed by atoms with Gasteiger partial charge in [0.05, 0.1) is 19.1 Å². The molecule has 2 heterocycles. The Morgan fingerprint density at radius 3 is 2.37 bits per heavy atom. The molecule has 0 N–H and O–H groups in total. The number of benzene rings is 1. The number of fused-ring (bicyclic) bond motifs is 3. The minimum Gasteiger partial charge on any atom is -0.365 e. The van der Waals surface area contributed by atoms with Crippen LogP contribution in [0.15, 0.2) is 40.8 Å². The van der Waals surface area contributed by atoms with Gasteiger partial charge in [-0.15, -0.1) is 0 Å². The first-order valence-electron chi connectivity index (χ1n) is 9.88. The van der Waals surface area contributed by atoms with Crippen LogP contribution in [0.1, 0.15) is 32.8 Å². The molecular formula is C21H31NO3SSi. The Morgan fingerprint density at radius 2 is 1.78 bits per heavy atom. The molecule has 0 aromatic heterocycles. The van der Waals surface area contributed by atoms with Crippen LogP contribution in [0.5, 0.6) is 0 Å². The predicted molar refractivity (Wildman–Crippen MR) is 111 cm³/mol. The van der Waals surface area contributed by atoms with Crippen molar-refractivity contribution in [3.63, 3.8) is 0 Å². The third-order valence-electron chi connectivity index (χ3n) is 7.45. The summed E-state index contributed by atoms with van der Waals surface area (Å²) in [7, 11) is -5.13. The van der Waals surface area contributed by atoms with E-state index in [4.69, 9.17) is 4.74 Å². The van der Waals surface area contributed by atoms with Crippen molar-refractivity contribution in [3.05, 3.63) is 41.5 Å². The summed E-state index contributed by atoms with van der Waals surface area (Å²) in [5, 5.41) is 0.259. The molecule has 3 aliphatic rings. The van der Waals surface area contributed by atoms with E-state index in [9.17, 15) is 8.42 Å². The zero-order valence-electron chi connectivity index (χ0n) is 17.2. The van der Waals surface area contributed by atoms with Gasteiger partial charge in [-0.1, -0.05) is 57.6 Å². The lowest BCUT2D eigenvalue weighted by Crippen LogP contribution is -2.50.